The average molecular weight is 114 g/mol. The lowest BCUT2D eigenvalue weighted by molar-refractivity contribution is 0.615. The zero-order chi connectivity index (χ0) is 5.91. The Balaban J connectivity index is 4.74. The van der Waals surface area contributed by atoms with Gasteiger partial charge in [-0.25, -0.2) is 8.42 Å². The van der Waals surface area contributed by atoms with Gasteiger partial charge in [0.1, 0.15) is 0 Å². The first kappa shape index (κ1) is 6.07. The van der Waals surface area contributed by atoms with Crippen LogP contribution >= 0.6 is 0 Å². The average Bonchev–Trinajstić information content (AvgIpc) is 1.68. The van der Waals surface area contributed by atoms with E-state index in [1.807, 2.05) is 0 Å². The number of hydrogen-bond donors (Lipinski definition) is 0. The van der Waals surface area contributed by atoms with Crippen LogP contribution < -0.4 is 0 Å². The highest BCUT2D eigenvalue weighted by Gasteiger charge is 1.92. The molecule has 0 saturated heterocycles. The van der Waals surface area contributed by atoms with Gasteiger partial charge in [0.05, 0.1) is 0 Å². The van der Waals surface area contributed by atoms with Gasteiger partial charge in [-0.05, 0) is 0 Å². The molecule has 0 spiro atoms. The first-order chi connectivity index (χ1) is 3.12. The van der Waals surface area contributed by atoms with Crippen molar-refractivity contribution >= 4 is 9.84 Å². The van der Waals surface area contributed by atoms with E-state index in [0.29, 0.717) is 0 Å². The smallest absolute Gasteiger partial charge is 0.202 e. The molecule has 0 bridgehead atoms. The van der Waals surface area contributed by atoms with Gasteiger partial charge in [0.2, 0.25) is 0 Å². The van der Waals surface area contributed by atoms with Crippen molar-refractivity contribution in [1.29, 1.82) is 0 Å². The van der Waals surface area contributed by atoms with E-state index in [2.05, 4.69) is 12.8 Å². The van der Waals surface area contributed by atoms with E-state index >= 15 is 0 Å². The van der Waals surface area contributed by atoms with Crippen LogP contribution in [0.2, 0.25) is 0 Å². The number of terminal acetylenes is 2. The lowest BCUT2D eigenvalue weighted by atomic mass is 11.4. The second kappa shape index (κ2) is 1.68. The van der Waals surface area contributed by atoms with Crippen LogP contribution in [0.15, 0.2) is 0 Å². The zero-order valence-corrected chi connectivity index (χ0v) is 4.20. The molecule has 0 N–H and O–H groups in total. The summed E-state index contributed by atoms with van der Waals surface area (Å²) in [5.74, 6) is 0. The highest BCUT2D eigenvalue weighted by molar-refractivity contribution is 8.00. The number of rotatable bonds is 0. The molecule has 0 aliphatic rings. The summed E-state index contributed by atoms with van der Waals surface area (Å²) in [4.78, 5) is 0. The van der Waals surface area contributed by atoms with Crippen LogP contribution in [0.5, 0.6) is 0 Å². The van der Waals surface area contributed by atoms with Crippen molar-refractivity contribution in [3.63, 3.8) is 0 Å². The van der Waals surface area contributed by atoms with E-state index in [0.717, 1.165) is 0 Å². The fraction of sp³-hybridized carbons (Fsp3) is 0. The molecule has 0 saturated carbocycles. The second-order valence-corrected chi connectivity index (χ2v) is 2.22. The van der Waals surface area contributed by atoms with Crippen LogP contribution in [0.25, 0.3) is 0 Å². The summed E-state index contributed by atoms with van der Waals surface area (Å²) >= 11 is 0. The summed E-state index contributed by atoms with van der Waals surface area (Å²) in [5, 5.41) is 2.85. The molecular weight excluding hydrogens is 112 g/mol. The Labute approximate surface area is 42.5 Å². The maximum atomic E-state index is 9.90. The lowest BCUT2D eigenvalue weighted by Crippen LogP contribution is -1.85. The van der Waals surface area contributed by atoms with Crippen molar-refractivity contribution in [2.24, 2.45) is 0 Å². The summed E-state index contributed by atoms with van der Waals surface area (Å²) in [7, 11) is -3.60. The highest BCUT2D eigenvalue weighted by atomic mass is 32.2. The summed E-state index contributed by atoms with van der Waals surface area (Å²) < 4.78 is 19.8. The summed E-state index contributed by atoms with van der Waals surface area (Å²) in [6.07, 6.45) is 8.87. The Morgan fingerprint density at radius 1 is 1.14 bits per heavy atom. The van der Waals surface area contributed by atoms with Crippen LogP contribution in [0, 0.1) is 23.4 Å². The minimum absolute atomic E-state index is 1.43. The van der Waals surface area contributed by atoms with Crippen molar-refractivity contribution in [3.8, 4) is 23.4 Å². The molecule has 36 valence electrons. The molecular formula is C4H2O2S. The first-order valence-corrected chi connectivity index (χ1v) is 2.80. The first-order valence-electron chi connectivity index (χ1n) is 1.32. The second-order valence-electron chi connectivity index (χ2n) is 0.739. The molecule has 0 amide bonds. The third-order valence-electron chi connectivity index (χ3n) is 0.310. The minimum atomic E-state index is -3.60. The molecule has 3 heteroatoms. The number of sulfone groups is 1. The van der Waals surface area contributed by atoms with Crippen molar-refractivity contribution < 1.29 is 8.42 Å². The van der Waals surface area contributed by atoms with E-state index in [1.165, 1.54) is 10.5 Å². The van der Waals surface area contributed by atoms with Crippen LogP contribution in [0.3, 0.4) is 0 Å². The Bertz CT molecular complexity index is 201. The molecule has 0 aromatic heterocycles. The van der Waals surface area contributed by atoms with Crippen LogP contribution in [-0.4, -0.2) is 8.42 Å². The van der Waals surface area contributed by atoms with Crippen molar-refractivity contribution in [1.82, 2.24) is 0 Å². The third kappa shape index (κ3) is 1.86. The largest absolute Gasteiger partial charge is 0.283 e. The molecule has 0 rings (SSSR count). The summed E-state index contributed by atoms with van der Waals surface area (Å²) in [6, 6.07) is 0. The van der Waals surface area contributed by atoms with Crippen LogP contribution in [0.1, 0.15) is 0 Å². The lowest BCUT2D eigenvalue weighted by Gasteiger charge is -1.70. The van der Waals surface area contributed by atoms with Gasteiger partial charge in [0, 0.05) is 10.5 Å². The van der Waals surface area contributed by atoms with E-state index < -0.39 is 9.84 Å². The van der Waals surface area contributed by atoms with Crippen molar-refractivity contribution in [2.45, 2.75) is 0 Å². The minimum Gasteiger partial charge on any atom is -0.202 e. The van der Waals surface area contributed by atoms with Crippen LogP contribution in [0.4, 0.5) is 0 Å². The Morgan fingerprint density at radius 3 is 1.43 bits per heavy atom. The van der Waals surface area contributed by atoms with Crippen LogP contribution in [-0.2, 0) is 9.84 Å². The Kier molecular flexibility index (Phi) is 1.46. The Morgan fingerprint density at radius 2 is 1.43 bits per heavy atom. The normalized spacial score (nSPS) is 8.86. The molecule has 0 heterocycles. The van der Waals surface area contributed by atoms with E-state index in [4.69, 9.17) is 0 Å². The molecule has 0 aromatic rings. The number of hydrogen-bond acceptors (Lipinski definition) is 2. The molecule has 0 aromatic carbocycles. The maximum absolute atomic E-state index is 9.90. The molecule has 0 aliphatic heterocycles. The molecule has 0 fully saturated rings. The highest BCUT2D eigenvalue weighted by Crippen LogP contribution is 1.76. The summed E-state index contributed by atoms with van der Waals surface area (Å²) in [5.41, 5.74) is 0. The van der Waals surface area contributed by atoms with E-state index in [9.17, 15) is 8.42 Å². The Hall–Kier alpha value is -0.930. The van der Waals surface area contributed by atoms with E-state index in [-0.39, 0.29) is 0 Å². The van der Waals surface area contributed by atoms with Gasteiger partial charge in [0.15, 0.2) is 0 Å². The van der Waals surface area contributed by atoms with Gasteiger partial charge >= 0.3 is 0 Å². The maximum Gasteiger partial charge on any atom is 0.283 e. The molecule has 7 heavy (non-hydrogen) atoms. The topological polar surface area (TPSA) is 34.1 Å². The van der Waals surface area contributed by atoms with Gasteiger partial charge in [-0.3, -0.25) is 0 Å². The predicted octanol–water partition coefficient (Wildman–Crippen LogP) is -0.417. The van der Waals surface area contributed by atoms with Crippen molar-refractivity contribution in [2.75, 3.05) is 0 Å². The predicted molar refractivity (Wildman–Crippen MR) is 26.6 cm³/mol. The molecule has 0 radical (unpaired) electrons. The van der Waals surface area contributed by atoms with Gasteiger partial charge in [-0.15, -0.1) is 12.8 Å². The third-order valence-corrected chi connectivity index (χ3v) is 0.931. The molecule has 0 atom stereocenters. The van der Waals surface area contributed by atoms with Gasteiger partial charge < -0.3 is 0 Å². The fourth-order valence-electron chi connectivity index (χ4n) is 0.0340. The van der Waals surface area contributed by atoms with E-state index in [1.54, 1.807) is 0 Å². The fourth-order valence-corrected chi connectivity index (χ4v) is 0.102. The van der Waals surface area contributed by atoms with Gasteiger partial charge in [-0.1, -0.05) is 0 Å². The molecule has 0 unspecified atom stereocenters. The quantitative estimate of drug-likeness (QED) is 0.316. The summed E-state index contributed by atoms with van der Waals surface area (Å²) in [6.45, 7) is 0. The standard InChI is InChI=1S/C4H2O2S/c1-3-7(5,6)4-2/h1-2H. The molecule has 0 aliphatic carbocycles. The molecule has 2 nitrogen and oxygen atoms in total. The van der Waals surface area contributed by atoms with Gasteiger partial charge in [-0.2, -0.15) is 0 Å². The monoisotopic (exact) mass is 114 g/mol. The van der Waals surface area contributed by atoms with Crippen molar-refractivity contribution in [3.05, 3.63) is 0 Å². The zero-order valence-electron chi connectivity index (χ0n) is 3.38. The SMILES string of the molecule is C#CS(=O)(=O)C#C. The van der Waals surface area contributed by atoms with Gasteiger partial charge in [0.25, 0.3) is 9.84 Å².